The molecule has 2 aromatic rings. The minimum Gasteiger partial charge on any atom is -0.375 e. The van der Waals surface area contributed by atoms with Crippen molar-refractivity contribution in [2.45, 2.75) is 25.1 Å². The Morgan fingerprint density at radius 1 is 1.20 bits per heavy atom. The monoisotopic (exact) mass is 356 g/mol. The van der Waals surface area contributed by atoms with Crippen molar-refractivity contribution in [3.05, 3.63) is 58.3 Å². The second kappa shape index (κ2) is 6.98. The van der Waals surface area contributed by atoms with Crippen LogP contribution in [0.5, 0.6) is 0 Å². The van der Waals surface area contributed by atoms with Crippen LogP contribution in [0.1, 0.15) is 21.7 Å². The Labute approximate surface area is 150 Å². The molecule has 3 heterocycles. The van der Waals surface area contributed by atoms with Crippen LogP contribution < -0.4 is 5.32 Å². The van der Waals surface area contributed by atoms with Gasteiger partial charge in [0.1, 0.15) is 0 Å². The number of carbonyl (C=O) groups excluding carboxylic acids is 2. The lowest BCUT2D eigenvalue weighted by Crippen LogP contribution is -2.37. The predicted octanol–water partition coefficient (Wildman–Crippen LogP) is 2.29. The Morgan fingerprint density at radius 3 is 2.80 bits per heavy atom. The number of nitrogens with zero attached hydrogens (tertiary/aromatic N) is 1. The fourth-order valence-electron chi connectivity index (χ4n) is 3.70. The molecule has 0 unspecified atom stereocenters. The first-order chi connectivity index (χ1) is 12.2. The van der Waals surface area contributed by atoms with Crippen LogP contribution in [0.3, 0.4) is 0 Å². The van der Waals surface area contributed by atoms with Gasteiger partial charge in [-0.25, -0.2) is 0 Å². The van der Waals surface area contributed by atoms with Crippen LogP contribution in [-0.2, 0) is 16.1 Å². The van der Waals surface area contributed by atoms with Gasteiger partial charge in [-0.15, -0.1) is 11.3 Å². The molecule has 6 heteroatoms. The number of nitrogens with one attached hydrogen (secondary N) is 1. The first-order valence-corrected chi connectivity index (χ1v) is 9.40. The fourth-order valence-corrected chi connectivity index (χ4v) is 4.34. The molecule has 0 spiro atoms. The van der Waals surface area contributed by atoms with Gasteiger partial charge in [0.15, 0.2) is 0 Å². The summed E-state index contributed by atoms with van der Waals surface area (Å²) in [6.07, 6.45) is 0.591. The summed E-state index contributed by atoms with van der Waals surface area (Å²) in [5, 5.41) is 4.99. The number of amides is 2. The molecule has 1 N–H and O–H groups in total. The van der Waals surface area contributed by atoms with Crippen molar-refractivity contribution < 1.29 is 14.3 Å². The van der Waals surface area contributed by atoms with Crippen LogP contribution in [0.2, 0.25) is 0 Å². The van der Waals surface area contributed by atoms with Crippen molar-refractivity contribution in [1.82, 2.24) is 10.2 Å². The van der Waals surface area contributed by atoms with Crippen molar-refractivity contribution in [2.24, 2.45) is 5.92 Å². The van der Waals surface area contributed by atoms with E-state index in [1.54, 1.807) is 11.3 Å². The molecular weight excluding hydrogens is 336 g/mol. The summed E-state index contributed by atoms with van der Waals surface area (Å²) < 4.78 is 5.81. The maximum Gasteiger partial charge on any atom is 0.254 e. The summed E-state index contributed by atoms with van der Waals surface area (Å²) in [7, 11) is 0. The van der Waals surface area contributed by atoms with E-state index < -0.39 is 0 Å². The highest BCUT2D eigenvalue weighted by Crippen LogP contribution is 2.34. The quantitative estimate of drug-likeness (QED) is 0.914. The molecule has 1 aromatic heterocycles. The lowest BCUT2D eigenvalue weighted by molar-refractivity contribution is -0.127. The molecule has 5 nitrogen and oxygen atoms in total. The van der Waals surface area contributed by atoms with Gasteiger partial charge in [-0.05, 0) is 30.0 Å². The van der Waals surface area contributed by atoms with E-state index in [0.717, 1.165) is 11.3 Å². The Bertz CT molecular complexity index is 747. The maximum absolute atomic E-state index is 12.8. The van der Waals surface area contributed by atoms with Crippen LogP contribution in [0.4, 0.5) is 0 Å². The standard InChI is InChI=1S/C19H20N2O3S/c22-18(20-11-14-7-4-10-25-14)15-12-21(16-8-9-24-17(15)16)19(23)13-5-2-1-3-6-13/h1-7,10,15-17H,8-9,11-12H2,(H,20,22)/t15-,16+,17+/m1/s1. The minimum absolute atomic E-state index is 0.00908. The van der Waals surface area contributed by atoms with E-state index in [1.165, 1.54) is 0 Å². The van der Waals surface area contributed by atoms with Crippen LogP contribution in [0.25, 0.3) is 0 Å². The molecule has 2 aliphatic heterocycles. The van der Waals surface area contributed by atoms with Crippen LogP contribution in [0, 0.1) is 5.92 Å². The summed E-state index contributed by atoms with van der Waals surface area (Å²) in [6.45, 7) is 1.54. The third-order valence-corrected chi connectivity index (χ3v) is 5.81. The van der Waals surface area contributed by atoms with Gasteiger partial charge < -0.3 is 15.0 Å². The topological polar surface area (TPSA) is 58.6 Å². The third-order valence-electron chi connectivity index (χ3n) is 4.93. The number of rotatable bonds is 4. The van der Waals surface area contributed by atoms with Crippen molar-refractivity contribution in [3.63, 3.8) is 0 Å². The van der Waals surface area contributed by atoms with E-state index in [4.69, 9.17) is 4.74 Å². The highest BCUT2D eigenvalue weighted by molar-refractivity contribution is 7.09. The second-order valence-corrected chi connectivity index (χ2v) is 7.45. The highest BCUT2D eigenvalue weighted by atomic mass is 32.1. The van der Waals surface area contributed by atoms with Crippen molar-refractivity contribution >= 4 is 23.2 Å². The Hall–Kier alpha value is -2.18. The van der Waals surface area contributed by atoms with Gasteiger partial charge >= 0.3 is 0 Å². The van der Waals surface area contributed by atoms with Crippen molar-refractivity contribution in [1.29, 1.82) is 0 Å². The number of carbonyl (C=O) groups is 2. The number of fused-ring (bicyclic) bond motifs is 1. The summed E-state index contributed by atoms with van der Waals surface area (Å²) in [5.74, 6) is -0.358. The predicted molar refractivity (Wildman–Crippen MR) is 95.3 cm³/mol. The maximum atomic E-state index is 12.8. The van der Waals surface area contributed by atoms with E-state index in [0.29, 0.717) is 25.3 Å². The van der Waals surface area contributed by atoms with Crippen LogP contribution in [0.15, 0.2) is 47.8 Å². The third kappa shape index (κ3) is 3.19. The molecule has 2 fully saturated rings. The molecule has 0 radical (unpaired) electrons. The SMILES string of the molecule is O=C(NCc1cccs1)[C@@H]1CN(C(=O)c2ccccc2)[C@H]2CCO[C@@H]12. The van der Waals surface area contributed by atoms with E-state index in [2.05, 4.69) is 5.32 Å². The first-order valence-electron chi connectivity index (χ1n) is 8.52. The minimum atomic E-state index is -0.305. The number of likely N-dealkylation sites (tertiary alicyclic amines) is 1. The molecule has 1 aromatic carbocycles. The van der Waals surface area contributed by atoms with Gasteiger partial charge in [0.25, 0.3) is 5.91 Å². The lowest BCUT2D eigenvalue weighted by Gasteiger charge is -2.22. The van der Waals surface area contributed by atoms with Crippen molar-refractivity contribution in [2.75, 3.05) is 13.2 Å². The molecule has 0 saturated carbocycles. The number of hydrogen-bond donors (Lipinski definition) is 1. The molecule has 0 bridgehead atoms. The van der Waals surface area contributed by atoms with E-state index in [1.807, 2.05) is 52.7 Å². The van der Waals surface area contributed by atoms with E-state index >= 15 is 0 Å². The molecule has 0 aliphatic carbocycles. The zero-order valence-electron chi connectivity index (χ0n) is 13.8. The van der Waals surface area contributed by atoms with Gasteiger partial charge in [0.2, 0.25) is 5.91 Å². The van der Waals surface area contributed by atoms with Gasteiger partial charge in [0.05, 0.1) is 24.6 Å². The normalized spacial score (nSPS) is 25.0. The van der Waals surface area contributed by atoms with Crippen LogP contribution in [-0.4, -0.2) is 42.0 Å². The molecule has 2 amide bonds. The molecule has 2 aliphatic rings. The first kappa shape index (κ1) is 16.3. The van der Waals surface area contributed by atoms with Crippen molar-refractivity contribution in [3.8, 4) is 0 Å². The summed E-state index contributed by atoms with van der Waals surface area (Å²) >= 11 is 1.62. The second-order valence-electron chi connectivity index (χ2n) is 6.42. The van der Waals surface area contributed by atoms with Gasteiger partial charge in [-0.1, -0.05) is 24.3 Å². The lowest BCUT2D eigenvalue weighted by atomic mass is 10.0. The number of ether oxygens (including phenoxy) is 1. The largest absolute Gasteiger partial charge is 0.375 e. The van der Waals surface area contributed by atoms with Gasteiger partial charge in [-0.3, -0.25) is 9.59 Å². The number of benzene rings is 1. The molecule has 2 saturated heterocycles. The smallest absolute Gasteiger partial charge is 0.254 e. The fraction of sp³-hybridized carbons (Fsp3) is 0.368. The Balaban J connectivity index is 1.47. The zero-order valence-corrected chi connectivity index (χ0v) is 14.6. The van der Waals surface area contributed by atoms with E-state index in [-0.39, 0.29) is 29.9 Å². The zero-order chi connectivity index (χ0) is 17.2. The van der Waals surface area contributed by atoms with E-state index in [9.17, 15) is 9.59 Å². The summed E-state index contributed by atoms with van der Waals surface area (Å²) in [5.41, 5.74) is 0.660. The van der Waals surface area contributed by atoms with Crippen LogP contribution >= 0.6 is 11.3 Å². The molecule has 130 valence electrons. The summed E-state index contributed by atoms with van der Waals surface area (Å²) in [4.78, 5) is 28.4. The molecular formula is C19H20N2O3S. The molecule has 4 rings (SSSR count). The number of hydrogen-bond acceptors (Lipinski definition) is 4. The Kier molecular flexibility index (Phi) is 4.55. The average molecular weight is 356 g/mol. The highest BCUT2D eigenvalue weighted by Gasteiger charge is 2.50. The molecule has 25 heavy (non-hydrogen) atoms. The Morgan fingerprint density at radius 2 is 2.04 bits per heavy atom. The average Bonchev–Trinajstić information content (AvgIpc) is 3.37. The molecule has 3 atom stereocenters. The van der Waals surface area contributed by atoms with Gasteiger partial charge in [-0.2, -0.15) is 0 Å². The van der Waals surface area contributed by atoms with Gasteiger partial charge in [0, 0.05) is 23.6 Å². The summed E-state index contributed by atoms with van der Waals surface area (Å²) in [6, 6.07) is 13.2. The number of thiophene rings is 1.